The van der Waals surface area contributed by atoms with Gasteiger partial charge in [-0.05, 0) is 68.7 Å². The van der Waals surface area contributed by atoms with Crippen molar-refractivity contribution in [3.63, 3.8) is 0 Å². The van der Waals surface area contributed by atoms with Gasteiger partial charge in [-0.25, -0.2) is 4.98 Å². The molecule has 1 aromatic heterocycles. The van der Waals surface area contributed by atoms with Crippen molar-refractivity contribution in [2.24, 2.45) is 5.41 Å². The second-order valence-corrected chi connectivity index (χ2v) is 7.38. The van der Waals surface area contributed by atoms with E-state index in [1.54, 1.807) is 51.1 Å². The Labute approximate surface area is 174 Å². The number of ketones is 1. The molecule has 29 heavy (non-hydrogen) atoms. The van der Waals surface area contributed by atoms with E-state index in [0.717, 1.165) is 11.1 Å². The van der Waals surface area contributed by atoms with Gasteiger partial charge in [-0.15, -0.1) is 0 Å². The van der Waals surface area contributed by atoms with E-state index in [4.69, 9.17) is 21.1 Å². The third-order valence-corrected chi connectivity index (χ3v) is 5.32. The van der Waals surface area contributed by atoms with Crippen LogP contribution in [0.1, 0.15) is 46.7 Å². The van der Waals surface area contributed by atoms with Gasteiger partial charge in [0.2, 0.25) is 5.78 Å². The summed E-state index contributed by atoms with van der Waals surface area (Å²) in [5.74, 6) is -1.48. The van der Waals surface area contributed by atoms with Crippen LogP contribution in [-0.2, 0) is 31.9 Å². The van der Waals surface area contributed by atoms with Crippen LogP contribution in [0.5, 0.6) is 0 Å². The quantitative estimate of drug-likeness (QED) is 0.408. The number of carbonyl (C=O) groups excluding carboxylic acids is 3. The summed E-state index contributed by atoms with van der Waals surface area (Å²) < 4.78 is 10.4. The van der Waals surface area contributed by atoms with Gasteiger partial charge in [0, 0.05) is 22.7 Å². The van der Waals surface area contributed by atoms with Gasteiger partial charge in [0.25, 0.3) is 0 Å². The molecule has 0 aliphatic heterocycles. The molecule has 2 aromatic rings. The average Bonchev–Trinajstić information content (AvgIpc) is 3.10. The highest BCUT2D eigenvalue weighted by molar-refractivity contribution is 6.30. The fourth-order valence-electron chi connectivity index (χ4n) is 3.63. The molecule has 0 fully saturated rings. The predicted molar refractivity (Wildman–Crippen MR) is 107 cm³/mol. The number of hydrogen-bond acceptors (Lipinski definition) is 6. The molecule has 0 saturated carbocycles. The second kappa shape index (κ2) is 8.33. The number of benzene rings is 1. The highest BCUT2D eigenvalue weighted by atomic mass is 35.5. The van der Waals surface area contributed by atoms with Crippen LogP contribution in [0.4, 0.5) is 0 Å². The van der Waals surface area contributed by atoms with E-state index in [1.807, 2.05) is 0 Å². The zero-order valence-corrected chi connectivity index (χ0v) is 17.3. The Morgan fingerprint density at radius 3 is 2.17 bits per heavy atom. The van der Waals surface area contributed by atoms with Crippen molar-refractivity contribution >= 4 is 29.3 Å². The van der Waals surface area contributed by atoms with Crippen LogP contribution in [0.2, 0.25) is 5.02 Å². The first-order valence-electron chi connectivity index (χ1n) is 9.46. The van der Waals surface area contributed by atoms with Crippen molar-refractivity contribution in [3.05, 3.63) is 63.4 Å². The summed E-state index contributed by atoms with van der Waals surface area (Å²) >= 11 is 5.89. The summed E-state index contributed by atoms with van der Waals surface area (Å²) in [5, 5.41) is 0.535. The monoisotopic (exact) mass is 415 g/mol. The zero-order chi connectivity index (χ0) is 21.2. The molecule has 0 spiro atoms. The molecule has 0 saturated heterocycles. The van der Waals surface area contributed by atoms with Gasteiger partial charge in [0.05, 0.1) is 13.2 Å². The third-order valence-electron chi connectivity index (χ3n) is 5.07. The van der Waals surface area contributed by atoms with E-state index < -0.39 is 17.4 Å². The van der Waals surface area contributed by atoms with Crippen LogP contribution in [0, 0.1) is 12.3 Å². The van der Waals surface area contributed by atoms with Crippen molar-refractivity contribution in [1.29, 1.82) is 0 Å². The summed E-state index contributed by atoms with van der Waals surface area (Å²) in [6.07, 6.45) is 0.262. The molecular formula is C22H22ClNO5. The molecule has 0 atom stereocenters. The molecule has 0 N–H and O–H groups in total. The number of fused-ring (bicyclic) bond motifs is 1. The molecule has 7 heteroatoms. The minimum absolute atomic E-state index is 0.115. The average molecular weight is 416 g/mol. The maximum absolute atomic E-state index is 12.9. The number of esters is 2. The van der Waals surface area contributed by atoms with Gasteiger partial charge < -0.3 is 9.47 Å². The Hall–Kier alpha value is -2.73. The molecule has 152 valence electrons. The van der Waals surface area contributed by atoms with Crippen molar-refractivity contribution in [2.45, 2.75) is 33.6 Å². The van der Waals surface area contributed by atoms with E-state index in [1.165, 1.54) is 0 Å². The van der Waals surface area contributed by atoms with Crippen molar-refractivity contribution in [3.8, 4) is 0 Å². The van der Waals surface area contributed by atoms with E-state index in [-0.39, 0.29) is 37.5 Å². The van der Waals surface area contributed by atoms with E-state index >= 15 is 0 Å². The normalized spacial score (nSPS) is 14.2. The lowest BCUT2D eigenvalue weighted by atomic mass is 9.84. The number of ether oxygens (including phenoxy) is 2. The topological polar surface area (TPSA) is 82.6 Å². The van der Waals surface area contributed by atoms with Gasteiger partial charge in [0.1, 0.15) is 5.69 Å². The van der Waals surface area contributed by atoms with Crippen LogP contribution in [0.3, 0.4) is 0 Å². The van der Waals surface area contributed by atoms with Crippen LogP contribution in [-0.4, -0.2) is 35.9 Å². The molecule has 1 aromatic carbocycles. The lowest BCUT2D eigenvalue weighted by Gasteiger charge is -2.24. The maximum Gasteiger partial charge on any atom is 0.324 e. The number of carbonyl (C=O) groups is 3. The minimum atomic E-state index is -1.44. The Bertz CT molecular complexity index is 950. The molecule has 1 aliphatic rings. The van der Waals surface area contributed by atoms with Crippen LogP contribution < -0.4 is 0 Å². The highest BCUT2D eigenvalue weighted by Crippen LogP contribution is 2.41. The molecule has 0 bridgehead atoms. The number of aromatic nitrogens is 1. The maximum atomic E-state index is 12.9. The first-order chi connectivity index (χ1) is 13.8. The first kappa shape index (κ1) is 21.0. The largest absolute Gasteiger partial charge is 0.465 e. The zero-order valence-electron chi connectivity index (χ0n) is 16.6. The summed E-state index contributed by atoms with van der Waals surface area (Å²) in [5.41, 5.74) is 1.39. The molecule has 0 amide bonds. The summed E-state index contributed by atoms with van der Waals surface area (Å²) in [7, 11) is 0. The van der Waals surface area contributed by atoms with E-state index in [2.05, 4.69) is 4.98 Å². The molecule has 0 radical (unpaired) electrons. The summed E-state index contributed by atoms with van der Waals surface area (Å²) in [6, 6.07) is 8.20. The van der Waals surface area contributed by atoms with Crippen LogP contribution in [0.15, 0.2) is 30.3 Å². The van der Waals surface area contributed by atoms with Gasteiger partial charge >= 0.3 is 11.9 Å². The van der Waals surface area contributed by atoms with E-state index in [9.17, 15) is 14.4 Å². The first-order valence-corrected chi connectivity index (χ1v) is 9.84. The lowest BCUT2D eigenvalue weighted by molar-refractivity contribution is -0.171. The number of aryl methyl sites for hydroxylation is 1. The molecule has 1 aliphatic carbocycles. The lowest BCUT2D eigenvalue weighted by Crippen LogP contribution is -2.43. The molecule has 3 rings (SSSR count). The van der Waals surface area contributed by atoms with Crippen molar-refractivity contribution < 1.29 is 23.9 Å². The van der Waals surface area contributed by atoms with Crippen molar-refractivity contribution in [1.82, 2.24) is 4.98 Å². The van der Waals surface area contributed by atoms with Crippen LogP contribution in [0.25, 0.3) is 0 Å². The molecule has 6 nitrogen and oxygen atoms in total. The highest BCUT2D eigenvalue weighted by Gasteiger charge is 2.53. The fraction of sp³-hybridized carbons (Fsp3) is 0.364. The van der Waals surface area contributed by atoms with Gasteiger partial charge in [0.15, 0.2) is 5.41 Å². The summed E-state index contributed by atoms with van der Waals surface area (Å²) in [4.78, 5) is 42.7. The summed E-state index contributed by atoms with van der Waals surface area (Å²) in [6.45, 7) is 5.47. The Morgan fingerprint density at radius 2 is 1.62 bits per heavy atom. The number of halogens is 1. The molecule has 1 heterocycles. The Balaban J connectivity index is 1.99. The third kappa shape index (κ3) is 3.90. The Kier molecular flexibility index (Phi) is 6.03. The Morgan fingerprint density at radius 1 is 1.03 bits per heavy atom. The van der Waals surface area contributed by atoms with E-state index in [0.29, 0.717) is 16.3 Å². The van der Waals surface area contributed by atoms with Gasteiger partial charge in [-0.3, -0.25) is 14.4 Å². The number of rotatable bonds is 6. The SMILES string of the molecule is CCOC(=O)C1(C(=O)OCC)Cc2cc(C(=O)c3ccc(Cl)cc3)nc(C)c2C1. The van der Waals surface area contributed by atoms with Gasteiger partial charge in [-0.1, -0.05) is 11.6 Å². The molecular weight excluding hydrogens is 394 g/mol. The minimum Gasteiger partial charge on any atom is -0.465 e. The smallest absolute Gasteiger partial charge is 0.324 e. The van der Waals surface area contributed by atoms with Crippen molar-refractivity contribution in [2.75, 3.05) is 13.2 Å². The predicted octanol–water partition coefficient (Wildman–Crippen LogP) is 3.49. The number of nitrogens with zero attached hydrogens (tertiary/aromatic N) is 1. The standard InChI is InChI=1S/C22H22ClNO5/c1-4-28-20(26)22(21(27)29-5-2)11-15-10-18(24-13(3)17(15)12-22)19(25)14-6-8-16(23)9-7-14/h6-10H,4-5,11-12H2,1-3H3. The fourth-order valence-corrected chi connectivity index (χ4v) is 3.76. The molecule has 0 unspecified atom stereocenters. The number of pyridine rings is 1. The second-order valence-electron chi connectivity index (χ2n) is 6.94. The number of hydrogen-bond donors (Lipinski definition) is 0. The van der Waals surface area contributed by atoms with Crippen LogP contribution >= 0.6 is 11.6 Å². The van der Waals surface area contributed by atoms with Gasteiger partial charge in [-0.2, -0.15) is 0 Å².